The maximum Gasteiger partial charge on any atom is 0.326 e. The largest absolute Gasteiger partial charge is 0.480 e. The maximum atomic E-state index is 11.1. The zero-order chi connectivity index (χ0) is 10.4. The van der Waals surface area contributed by atoms with Gasteiger partial charge in [-0.25, -0.2) is 4.79 Å². The SMILES string of the molecule is CCCC(NC(=O)[C@@H](C)Br)C(=O)O. The molecule has 1 unspecified atom stereocenters. The highest BCUT2D eigenvalue weighted by molar-refractivity contribution is 9.10. The third-order valence-electron chi connectivity index (χ3n) is 1.55. The number of aliphatic carboxylic acids is 1. The molecule has 76 valence electrons. The maximum absolute atomic E-state index is 11.1. The molecule has 0 aliphatic carbocycles. The summed E-state index contributed by atoms with van der Waals surface area (Å²) in [6.45, 7) is 3.53. The molecule has 0 saturated carbocycles. The Morgan fingerprint density at radius 3 is 2.38 bits per heavy atom. The fourth-order valence-corrected chi connectivity index (χ4v) is 0.965. The van der Waals surface area contributed by atoms with Crippen LogP contribution in [0.5, 0.6) is 0 Å². The zero-order valence-corrected chi connectivity index (χ0v) is 9.30. The number of hydrogen-bond acceptors (Lipinski definition) is 2. The van der Waals surface area contributed by atoms with Crippen LogP contribution in [0.25, 0.3) is 0 Å². The quantitative estimate of drug-likeness (QED) is 0.721. The minimum atomic E-state index is -0.983. The van der Waals surface area contributed by atoms with Gasteiger partial charge < -0.3 is 10.4 Å². The van der Waals surface area contributed by atoms with E-state index < -0.39 is 12.0 Å². The molecule has 0 heterocycles. The second kappa shape index (κ2) is 5.96. The summed E-state index contributed by atoms with van der Waals surface area (Å²) in [5, 5.41) is 11.1. The number of nitrogens with one attached hydrogen (secondary N) is 1. The highest BCUT2D eigenvalue weighted by Gasteiger charge is 2.20. The number of amides is 1. The number of carbonyl (C=O) groups excluding carboxylic acids is 1. The van der Waals surface area contributed by atoms with Gasteiger partial charge in [0.05, 0.1) is 4.83 Å². The Hall–Kier alpha value is -0.580. The summed E-state index contributed by atoms with van der Waals surface area (Å²) in [6.07, 6.45) is 1.19. The Kier molecular flexibility index (Phi) is 5.70. The number of halogens is 1. The van der Waals surface area contributed by atoms with E-state index >= 15 is 0 Å². The van der Waals surface area contributed by atoms with Crippen LogP contribution in [0.2, 0.25) is 0 Å². The Balaban J connectivity index is 4.10. The molecule has 5 heteroatoms. The molecule has 0 aliphatic heterocycles. The monoisotopic (exact) mass is 251 g/mol. The molecule has 2 atom stereocenters. The molecule has 0 bridgehead atoms. The van der Waals surface area contributed by atoms with Crippen molar-refractivity contribution < 1.29 is 14.7 Å². The number of carbonyl (C=O) groups is 2. The smallest absolute Gasteiger partial charge is 0.326 e. The molecule has 1 amide bonds. The van der Waals surface area contributed by atoms with E-state index in [1.165, 1.54) is 0 Å². The first-order valence-electron chi connectivity index (χ1n) is 4.16. The van der Waals surface area contributed by atoms with E-state index in [1.807, 2.05) is 6.92 Å². The van der Waals surface area contributed by atoms with Crippen molar-refractivity contribution in [1.29, 1.82) is 0 Å². The van der Waals surface area contributed by atoms with E-state index in [-0.39, 0.29) is 10.7 Å². The summed E-state index contributed by atoms with van der Waals surface area (Å²) in [5.74, 6) is -1.27. The minimum absolute atomic E-state index is 0.291. The van der Waals surface area contributed by atoms with Crippen molar-refractivity contribution in [3.63, 3.8) is 0 Å². The van der Waals surface area contributed by atoms with Crippen LogP contribution in [0, 0.1) is 0 Å². The van der Waals surface area contributed by atoms with Crippen LogP contribution in [0.3, 0.4) is 0 Å². The Morgan fingerprint density at radius 1 is 1.54 bits per heavy atom. The fraction of sp³-hybridized carbons (Fsp3) is 0.750. The van der Waals surface area contributed by atoms with Crippen molar-refractivity contribution in [2.75, 3.05) is 0 Å². The van der Waals surface area contributed by atoms with Gasteiger partial charge in [-0.2, -0.15) is 0 Å². The predicted molar refractivity (Wildman–Crippen MR) is 52.9 cm³/mol. The average molecular weight is 252 g/mol. The van der Waals surface area contributed by atoms with Crippen molar-refractivity contribution >= 4 is 27.8 Å². The first-order chi connectivity index (χ1) is 5.99. The van der Waals surface area contributed by atoms with E-state index in [1.54, 1.807) is 6.92 Å². The molecule has 0 aromatic heterocycles. The normalized spacial score (nSPS) is 14.7. The molecule has 0 aromatic rings. The molecule has 0 radical (unpaired) electrons. The van der Waals surface area contributed by atoms with Crippen LogP contribution >= 0.6 is 15.9 Å². The van der Waals surface area contributed by atoms with Gasteiger partial charge in [0.2, 0.25) is 5.91 Å². The van der Waals surface area contributed by atoms with E-state index in [0.717, 1.165) is 6.42 Å². The van der Waals surface area contributed by atoms with Gasteiger partial charge in [0.15, 0.2) is 0 Å². The highest BCUT2D eigenvalue weighted by atomic mass is 79.9. The second-order valence-corrected chi connectivity index (χ2v) is 4.18. The van der Waals surface area contributed by atoms with Crippen molar-refractivity contribution in [2.45, 2.75) is 37.6 Å². The van der Waals surface area contributed by atoms with Gasteiger partial charge in [0.25, 0.3) is 0 Å². The molecule has 2 N–H and O–H groups in total. The van der Waals surface area contributed by atoms with Crippen molar-refractivity contribution in [1.82, 2.24) is 5.32 Å². The summed E-state index contributed by atoms with van der Waals surface area (Å²) in [4.78, 5) is 21.4. The van der Waals surface area contributed by atoms with Crippen molar-refractivity contribution in [3.8, 4) is 0 Å². The molecule has 0 aromatic carbocycles. The number of carboxylic acid groups (broad SMARTS) is 1. The Morgan fingerprint density at radius 2 is 2.08 bits per heavy atom. The zero-order valence-electron chi connectivity index (χ0n) is 7.71. The van der Waals surface area contributed by atoms with Crippen LogP contribution in [-0.2, 0) is 9.59 Å². The number of hydrogen-bond donors (Lipinski definition) is 2. The van der Waals surface area contributed by atoms with Gasteiger partial charge in [-0.1, -0.05) is 29.3 Å². The van der Waals surface area contributed by atoms with Crippen LogP contribution in [-0.4, -0.2) is 27.9 Å². The van der Waals surface area contributed by atoms with Gasteiger partial charge in [0.1, 0.15) is 6.04 Å². The summed E-state index contributed by atoms with van der Waals surface area (Å²) in [6, 6.07) is -0.766. The lowest BCUT2D eigenvalue weighted by atomic mass is 10.1. The lowest BCUT2D eigenvalue weighted by molar-refractivity contribution is -0.141. The summed E-state index contributed by atoms with van der Waals surface area (Å²) in [5.41, 5.74) is 0. The van der Waals surface area contributed by atoms with Gasteiger partial charge in [0, 0.05) is 0 Å². The van der Waals surface area contributed by atoms with Gasteiger partial charge in [-0.05, 0) is 13.3 Å². The topological polar surface area (TPSA) is 66.4 Å². The number of rotatable bonds is 5. The first-order valence-corrected chi connectivity index (χ1v) is 5.07. The Bertz CT molecular complexity index is 194. The molecule has 0 rings (SSSR count). The summed E-state index contributed by atoms with van der Waals surface area (Å²) in [7, 11) is 0. The molecule has 0 spiro atoms. The summed E-state index contributed by atoms with van der Waals surface area (Å²) >= 11 is 3.06. The third-order valence-corrected chi connectivity index (χ3v) is 1.97. The van der Waals surface area contributed by atoms with Crippen LogP contribution in [0.15, 0.2) is 0 Å². The third kappa shape index (κ3) is 4.87. The molecule has 0 fully saturated rings. The van der Waals surface area contributed by atoms with E-state index in [0.29, 0.717) is 6.42 Å². The standard InChI is InChI=1S/C8H14BrNO3/c1-3-4-6(8(12)13)10-7(11)5(2)9/h5-6H,3-4H2,1-2H3,(H,10,11)(H,12,13)/t5-,6?/m1/s1. The molecule has 0 aliphatic rings. The summed E-state index contributed by atoms with van der Waals surface area (Å²) < 4.78 is 0. The fourth-order valence-electron chi connectivity index (χ4n) is 0.833. The molecule has 4 nitrogen and oxygen atoms in total. The predicted octanol–water partition coefficient (Wildman–Crippen LogP) is 1.14. The molecule has 13 heavy (non-hydrogen) atoms. The molecular weight excluding hydrogens is 238 g/mol. The number of alkyl halides is 1. The van der Waals surface area contributed by atoms with Crippen LogP contribution < -0.4 is 5.32 Å². The van der Waals surface area contributed by atoms with E-state index in [2.05, 4.69) is 21.2 Å². The highest BCUT2D eigenvalue weighted by Crippen LogP contribution is 2.01. The lowest BCUT2D eigenvalue weighted by Crippen LogP contribution is -2.43. The minimum Gasteiger partial charge on any atom is -0.480 e. The van der Waals surface area contributed by atoms with Crippen molar-refractivity contribution in [2.24, 2.45) is 0 Å². The molecule has 0 saturated heterocycles. The Labute approximate surface area is 85.8 Å². The first kappa shape index (κ1) is 12.4. The van der Waals surface area contributed by atoms with Crippen LogP contribution in [0.4, 0.5) is 0 Å². The van der Waals surface area contributed by atoms with Crippen LogP contribution in [0.1, 0.15) is 26.7 Å². The van der Waals surface area contributed by atoms with Crippen molar-refractivity contribution in [3.05, 3.63) is 0 Å². The number of carboxylic acids is 1. The lowest BCUT2D eigenvalue weighted by Gasteiger charge is -2.14. The average Bonchev–Trinajstić information content (AvgIpc) is 2.03. The van der Waals surface area contributed by atoms with E-state index in [4.69, 9.17) is 5.11 Å². The van der Waals surface area contributed by atoms with Gasteiger partial charge in [-0.3, -0.25) is 4.79 Å². The second-order valence-electron chi connectivity index (χ2n) is 2.80. The van der Waals surface area contributed by atoms with Gasteiger partial charge >= 0.3 is 5.97 Å². The van der Waals surface area contributed by atoms with E-state index in [9.17, 15) is 9.59 Å². The molecular formula is C8H14BrNO3. The van der Waals surface area contributed by atoms with Gasteiger partial charge in [-0.15, -0.1) is 0 Å².